The maximum atomic E-state index is 5.77. The van der Waals surface area contributed by atoms with E-state index in [1.807, 2.05) is 12.3 Å². The number of rotatable bonds is 1. The normalized spacial score (nSPS) is 35.1. The Morgan fingerprint density at radius 1 is 1.36 bits per heavy atom. The van der Waals surface area contributed by atoms with Gasteiger partial charge in [-0.1, -0.05) is 17.7 Å². The zero-order valence-corrected chi connectivity index (χ0v) is 8.67. The summed E-state index contributed by atoms with van der Waals surface area (Å²) >= 11 is 5.77. The fraction of sp³-hybridized carbons (Fsp3) is 0.545. The molecule has 3 heteroatoms. The molecule has 1 aromatic heterocycles. The molecule has 0 spiro atoms. The van der Waals surface area contributed by atoms with Gasteiger partial charge in [0.05, 0.1) is 0 Å². The molecule has 74 valence electrons. The summed E-state index contributed by atoms with van der Waals surface area (Å²) in [4.78, 5) is 4.14. The van der Waals surface area contributed by atoms with Crippen LogP contribution in [0.25, 0.3) is 0 Å². The number of fused-ring (bicyclic) bond motifs is 2. The molecule has 1 aliphatic carbocycles. The Labute approximate surface area is 88.7 Å². The standard InChI is InChI=1S/C11H13ClN2/c12-11-2-1-8(6-14-11)9-3-7-4-10(9)13-5-7/h1-2,6-7,9-10,13H,3-5H2/t7-,9-,10-/m1/s1. The average molecular weight is 209 g/mol. The van der Waals surface area contributed by atoms with Crippen LogP contribution in [-0.4, -0.2) is 17.6 Å². The van der Waals surface area contributed by atoms with Crippen LogP contribution in [0.15, 0.2) is 18.3 Å². The van der Waals surface area contributed by atoms with Crippen LogP contribution < -0.4 is 5.32 Å². The molecule has 14 heavy (non-hydrogen) atoms. The summed E-state index contributed by atoms with van der Waals surface area (Å²) in [6.07, 6.45) is 4.59. The highest BCUT2D eigenvalue weighted by atomic mass is 35.5. The van der Waals surface area contributed by atoms with E-state index in [2.05, 4.69) is 16.4 Å². The minimum Gasteiger partial charge on any atom is -0.313 e. The van der Waals surface area contributed by atoms with Gasteiger partial charge in [0.25, 0.3) is 0 Å². The van der Waals surface area contributed by atoms with Crippen molar-refractivity contribution >= 4 is 11.6 Å². The zero-order valence-electron chi connectivity index (χ0n) is 7.91. The summed E-state index contributed by atoms with van der Waals surface area (Å²) in [6, 6.07) is 4.69. The predicted molar refractivity (Wildman–Crippen MR) is 56.5 cm³/mol. The van der Waals surface area contributed by atoms with Crippen LogP contribution in [0, 0.1) is 5.92 Å². The van der Waals surface area contributed by atoms with Crippen molar-refractivity contribution in [3.05, 3.63) is 29.0 Å². The monoisotopic (exact) mass is 208 g/mol. The third-order valence-corrected chi connectivity index (χ3v) is 3.73. The summed E-state index contributed by atoms with van der Waals surface area (Å²) in [5.74, 6) is 1.55. The van der Waals surface area contributed by atoms with Gasteiger partial charge in [0.15, 0.2) is 0 Å². The molecule has 0 radical (unpaired) electrons. The van der Waals surface area contributed by atoms with Crippen LogP contribution in [0.4, 0.5) is 0 Å². The first kappa shape index (κ1) is 8.69. The highest BCUT2D eigenvalue weighted by Gasteiger charge is 2.39. The quantitative estimate of drug-likeness (QED) is 0.716. The zero-order chi connectivity index (χ0) is 9.54. The van der Waals surface area contributed by atoms with E-state index in [0.29, 0.717) is 17.1 Å². The number of hydrogen-bond donors (Lipinski definition) is 1. The molecule has 0 aromatic carbocycles. The van der Waals surface area contributed by atoms with Crippen molar-refractivity contribution in [2.75, 3.05) is 6.54 Å². The Balaban J connectivity index is 1.86. The summed E-state index contributed by atoms with van der Waals surface area (Å²) in [5, 5.41) is 4.15. The van der Waals surface area contributed by atoms with Crippen LogP contribution >= 0.6 is 11.6 Å². The Morgan fingerprint density at radius 3 is 2.86 bits per heavy atom. The number of nitrogens with zero attached hydrogens (tertiary/aromatic N) is 1. The van der Waals surface area contributed by atoms with E-state index >= 15 is 0 Å². The lowest BCUT2D eigenvalue weighted by molar-refractivity contribution is 0.448. The van der Waals surface area contributed by atoms with E-state index in [-0.39, 0.29) is 0 Å². The fourth-order valence-corrected chi connectivity index (χ4v) is 2.94. The second-order valence-corrected chi connectivity index (χ2v) is 4.76. The lowest BCUT2D eigenvalue weighted by Crippen LogP contribution is -2.31. The van der Waals surface area contributed by atoms with Gasteiger partial charge in [0.2, 0.25) is 0 Å². The topological polar surface area (TPSA) is 24.9 Å². The molecule has 1 saturated heterocycles. The van der Waals surface area contributed by atoms with Crippen molar-refractivity contribution in [3.8, 4) is 0 Å². The maximum absolute atomic E-state index is 5.77. The number of pyridine rings is 1. The Morgan fingerprint density at radius 2 is 2.29 bits per heavy atom. The van der Waals surface area contributed by atoms with Gasteiger partial charge in [0, 0.05) is 18.2 Å². The van der Waals surface area contributed by atoms with Gasteiger partial charge in [-0.15, -0.1) is 0 Å². The van der Waals surface area contributed by atoms with Crippen LogP contribution in [0.3, 0.4) is 0 Å². The second-order valence-electron chi connectivity index (χ2n) is 4.37. The van der Waals surface area contributed by atoms with Crippen molar-refractivity contribution in [2.24, 2.45) is 5.92 Å². The van der Waals surface area contributed by atoms with E-state index in [4.69, 9.17) is 11.6 Å². The van der Waals surface area contributed by atoms with Crippen molar-refractivity contribution in [3.63, 3.8) is 0 Å². The first-order valence-corrected chi connectivity index (χ1v) is 5.55. The van der Waals surface area contributed by atoms with Crippen molar-refractivity contribution in [2.45, 2.75) is 24.8 Å². The van der Waals surface area contributed by atoms with Crippen molar-refractivity contribution in [1.82, 2.24) is 10.3 Å². The number of aromatic nitrogens is 1. The smallest absolute Gasteiger partial charge is 0.129 e. The van der Waals surface area contributed by atoms with E-state index in [0.717, 1.165) is 5.92 Å². The van der Waals surface area contributed by atoms with E-state index in [1.165, 1.54) is 24.9 Å². The van der Waals surface area contributed by atoms with Gasteiger partial charge in [-0.3, -0.25) is 0 Å². The van der Waals surface area contributed by atoms with Crippen LogP contribution in [0.1, 0.15) is 24.3 Å². The van der Waals surface area contributed by atoms with Crippen LogP contribution in [0.5, 0.6) is 0 Å². The molecular weight excluding hydrogens is 196 g/mol. The Kier molecular flexibility index (Phi) is 1.99. The van der Waals surface area contributed by atoms with E-state index < -0.39 is 0 Å². The van der Waals surface area contributed by atoms with Gasteiger partial charge in [-0.25, -0.2) is 4.98 Å². The van der Waals surface area contributed by atoms with E-state index in [9.17, 15) is 0 Å². The molecular formula is C11H13ClN2. The lowest BCUT2D eigenvalue weighted by atomic mass is 9.93. The van der Waals surface area contributed by atoms with Gasteiger partial charge in [-0.05, 0) is 36.9 Å². The molecule has 1 N–H and O–H groups in total. The Bertz CT molecular complexity index is 336. The molecule has 2 bridgehead atoms. The molecule has 0 amide bonds. The molecule has 0 unspecified atom stereocenters. The first-order chi connectivity index (χ1) is 6.83. The third-order valence-electron chi connectivity index (χ3n) is 3.51. The van der Waals surface area contributed by atoms with Gasteiger partial charge >= 0.3 is 0 Å². The van der Waals surface area contributed by atoms with Crippen molar-refractivity contribution < 1.29 is 0 Å². The fourth-order valence-electron chi connectivity index (χ4n) is 2.83. The van der Waals surface area contributed by atoms with Gasteiger partial charge < -0.3 is 5.32 Å². The highest BCUT2D eigenvalue weighted by Crippen LogP contribution is 2.42. The third kappa shape index (κ3) is 1.33. The molecule has 2 fully saturated rings. The number of hydrogen-bond acceptors (Lipinski definition) is 2. The minimum atomic E-state index is 0.588. The predicted octanol–water partition coefficient (Wildman–Crippen LogP) is 2.20. The molecule has 3 atom stereocenters. The Hall–Kier alpha value is -0.600. The summed E-state index contributed by atoms with van der Waals surface area (Å²) < 4.78 is 0. The van der Waals surface area contributed by atoms with Gasteiger partial charge in [0.1, 0.15) is 5.15 Å². The summed E-state index contributed by atoms with van der Waals surface area (Å²) in [6.45, 7) is 1.21. The number of halogens is 1. The summed E-state index contributed by atoms with van der Waals surface area (Å²) in [5.41, 5.74) is 1.34. The highest BCUT2D eigenvalue weighted by molar-refractivity contribution is 6.29. The summed E-state index contributed by atoms with van der Waals surface area (Å²) in [7, 11) is 0. The molecule has 2 nitrogen and oxygen atoms in total. The molecule has 2 aliphatic rings. The van der Waals surface area contributed by atoms with E-state index in [1.54, 1.807) is 0 Å². The van der Waals surface area contributed by atoms with Crippen molar-refractivity contribution in [1.29, 1.82) is 0 Å². The average Bonchev–Trinajstić information content (AvgIpc) is 2.80. The van der Waals surface area contributed by atoms with Crippen LogP contribution in [-0.2, 0) is 0 Å². The number of nitrogens with one attached hydrogen (secondary N) is 1. The SMILES string of the molecule is Clc1ccc([C@H]2C[C@H]3CN[C@@H]2C3)cn1. The molecule has 3 rings (SSSR count). The maximum Gasteiger partial charge on any atom is 0.129 e. The number of piperidine rings is 1. The molecule has 1 aromatic rings. The second kappa shape index (κ2) is 3.21. The van der Waals surface area contributed by atoms with Gasteiger partial charge in [-0.2, -0.15) is 0 Å². The molecule has 2 heterocycles. The first-order valence-electron chi connectivity index (χ1n) is 5.18. The molecule has 1 aliphatic heterocycles. The molecule has 1 saturated carbocycles. The minimum absolute atomic E-state index is 0.588. The largest absolute Gasteiger partial charge is 0.313 e. The lowest BCUT2D eigenvalue weighted by Gasteiger charge is -2.22. The van der Waals surface area contributed by atoms with Crippen LogP contribution in [0.2, 0.25) is 5.15 Å².